The summed E-state index contributed by atoms with van der Waals surface area (Å²) in [7, 11) is 0. The van der Waals surface area contributed by atoms with Crippen molar-refractivity contribution in [3.05, 3.63) is 83.4 Å². The van der Waals surface area contributed by atoms with E-state index in [0.29, 0.717) is 28.5 Å². The van der Waals surface area contributed by atoms with E-state index in [4.69, 9.17) is 5.26 Å². The van der Waals surface area contributed by atoms with Gasteiger partial charge < -0.3 is 10.4 Å². The van der Waals surface area contributed by atoms with Crippen LogP contribution in [0.4, 0.5) is 16.0 Å². The van der Waals surface area contributed by atoms with Crippen molar-refractivity contribution >= 4 is 11.6 Å². The van der Waals surface area contributed by atoms with Crippen molar-refractivity contribution in [2.24, 2.45) is 0 Å². The first kappa shape index (κ1) is 15.6. The molecule has 0 radical (unpaired) electrons. The molecule has 1 heterocycles. The van der Waals surface area contributed by atoms with Gasteiger partial charge in [-0.15, -0.1) is 0 Å². The smallest absolute Gasteiger partial charge is 0.227 e. The number of aliphatic hydroxyl groups is 1. The Morgan fingerprint density at radius 2 is 1.92 bits per heavy atom. The number of aliphatic hydroxyl groups excluding tert-OH is 1. The number of hydrogen-bond acceptors (Lipinski definition) is 5. The third-order valence-corrected chi connectivity index (χ3v) is 3.39. The predicted molar refractivity (Wildman–Crippen MR) is 86.9 cm³/mol. The summed E-state index contributed by atoms with van der Waals surface area (Å²) in [6, 6.07) is 16.2. The van der Waals surface area contributed by atoms with Gasteiger partial charge in [0.2, 0.25) is 5.95 Å². The van der Waals surface area contributed by atoms with Gasteiger partial charge in [0, 0.05) is 11.9 Å². The Bertz CT molecular complexity index is 890. The minimum absolute atomic E-state index is 0.299. The Kier molecular flexibility index (Phi) is 4.45. The number of aromatic nitrogens is 2. The molecule has 0 bridgehead atoms. The standard InChI is InChI=1S/C18H13FN4O/c19-14-3-1-2-13(10-14)17(24)16-8-9-21-18(23-16)22-15-6-4-12(11-20)5-7-15/h1-10,17,24H,(H,21,22,23). The summed E-state index contributed by atoms with van der Waals surface area (Å²) in [5.41, 5.74) is 2.04. The van der Waals surface area contributed by atoms with Crippen LogP contribution in [0.3, 0.4) is 0 Å². The van der Waals surface area contributed by atoms with Gasteiger partial charge in [-0.2, -0.15) is 5.26 Å². The highest BCUT2D eigenvalue weighted by atomic mass is 19.1. The molecule has 0 aliphatic rings. The lowest BCUT2D eigenvalue weighted by atomic mass is 10.1. The summed E-state index contributed by atoms with van der Waals surface area (Å²) in [6.07, 6.45) is 0.460. The fourth-order valence-electron chi connectivity index (χ4n) is 2.19. The van der Waals surface area contributed by atoms with Gasteiger partial charge in [0.25, 0.3) is 0 Å². The minimum Gasteiger partial charge on any atom is -0.382 e. The van der Waals surface area contributed by atoms with E-state index in [1.54, 1.807) is 36.4 Å². The van der Waals surface area contributed by atoms with Crippen molar-refractivity contribution in [1.82, 2.24) is 9.97 Å². The van der Waals surface area contributed by atoms with Crippen LogP contribution in [-0.4, -0.2) is 15.1 Å². The Morgan fingerprint density at radius 3 is 2.62 bits per heavy atom. The molecule has 6 heteroatoms. The van der Waals surface area contributed by atoms with Gasteiger partial charge in [0.1, 0.15) is 11.9 Å². The SMILES string of the molecule is N#Cc1ccc(Nc2nccc(C(O)c3cccc(F)c3)n2)cc1. The number of benzene rings is 2. The van der Waals surface area contributed by atoms with Crippen LogP contribution in [0.2, 0.25) is 0 Å². The van der Waals surface area contributed by atoms with Crippen LogP contribution in [0.5, 0.6) is 0 Å². The maximum Gasteiger partial charge on any atom is 0.227 e. The zero-order valence-electron chi connectivity index (χ0n) is 12.5. The van der Waals surface area contributed by atoms with Crippen LogP contribution in [0, 0.1) is 17.1 Å². The monoisotopic (exact) mass is 320 g/mol. The van der Waals surface area contributed by atoms with Crippen LogP contribution < -0.4 is 5.32 Å². The molecular formula is C18H13FN4O. The first-order valence-corrected chi connectivity index (χ1v) is 7.19. The molecule has 3 rings (SSSR count). The maximum atomic E-state index is 13.3. The number of nitrogens with one attached hydrogen (secondary N) is 1. The molecule has 1 aromatic heterocycles. The molecule has 0 saturated heterocycles. The lowest BCUT2D eigenvalue weighted by Gasteiger charge is -2.12. The van der Waals surface area contributed by atoms with E-state index in [1.165, 1.54) is 24.4 Å². The third kappa shape index (κ3) is 3.54. The van der Waals surface area contributed by atoms with Crippen LogP contribution >= 0.6 is 0 Å². The van der Waals surface area contributed by atoms with E-state index < -0.39 is 11.9 Å². The van der Waals surface area contributed by atoms with Crippen molar-refractivity contribution in [2.75, 3.05) is 5.32 Å². The molecule has 0 aliphatic heterocycles. The van der Waals surface area contributed by atoms with Crippen LogP contribution in [0.1, 0.15) is 22.9 Å². The summed E-state index contributed by atoms with van der Waals surface area (Å²) in [4.78, 5) is 8.36. The Balaban J connectivity index is 1.82. The van der Waals surface area contributed by atoms with Crippen molar-refractivity contribution < 1.29 is 9.50 Å². The second-order valence-corrected chi connectivity index (χ2v) is 5.08. The number of rotatable bonds is 4. The summed E-state index contributed by atoms with van der Waals surface area (Å²) in [5, 5.41) is 22.1. The largest absolute Gasteiger partial charge is 0.382 e. The second-order valence-electron chi connectivity index (χ2n) is 5.08. The highest BCUT2D eigenvalue weighted by Gasteiger charge is 2.13. The average molecular weight is 320 g/mol. The number of nitriles is 1. The fourth-order valence-corrected chi connectivity index (χ4v) is 2.19. The summed E-state index contributed by atoms with van der Waals surface area (Å²) in [6.45, 7) is 0. The summed E-state index contributed by atoms with van der Waals surface area (Å²) in [5.74, 6) is -0.121. The Labute approximate surface area is 138 Å². The molecule has 3 aromatic rings. The fraction of sp³-hybridized carbons (Fsp3) is 0.0556. The molecule has 1 atom stereocenters. The highest BCUT2D eigenvalue weighted by Crippen LogP contribution is 2.22. The van der Waals surface area contributed by atoms with Gasteiger partial charge >= 0.3 is 0 Å². The molecule has 0 saturated carbocycles. The van der Waals surface area contributed by atoms with Crippen molar-refractivity contribution in [1.29, 1.82) is 5.26 Å². The van der Waals surface area contributed by atoms with Crippen LogP contribution in [-0.2, 0) is 0 Å². The number of anilines is 2. The van der Waals surface area contributed by atoms with E-state index in [1.807, 2.05) is 6.07 Å². The maximum absolute atomic E-state index is 13.3. The third-order valence-electron chi connectivity index (χ3n) is 3.39. The van der Waals surface area contributed by atoms with E-state index in [-0.39, 0.29) is 0 Å². The molecule has 0 fully saturated rings. The van der Waals surface area contributed by atoms with Gasteiger partial charge in [0.05, 0.1) is 17.3 Å². The average Bonchev–Trinajstić information content (AvgIpc) is 2.62. The second kappa shape index (κ2) is 6.86. The molecule has 1 unspecified atom stereocenters. The minimum atomic E-state index is -1.05. The first-order chi connectivity index (χ1) is 11.7. The molecule has 0 spiro atoms. The van der Waals surface area contributed by atoms with E-state index >= 15 is 0 Å². The normalized spacial score (nSPS) is 11.5. The molecule has 118 valence electrons. The van der Waals surface area contributed by atoms with Gasteiger partial charge in [0.15, 0.2) is 0 Å². The van der Waals surface area contributed by atoms with Crippen LogP contribution in [0.25, 0.3) is 0 Å². The molecule has 2 N–H and O–H groups in total. The van der Waals surface area contributed by atoms with Crippen molar-refractivity contribution in [2.45, 2.75) is 6.10 Å². The Morgan fingerprint density at radius 1 is 1.12 bits per heavy atom. The molecule has 0 aliphatic carbocycles. The zero-order valence-corrected chi connectivity index (χ0v) is 12.5. The van der Waals surface area contributed by atoms with E-state index in [0.717, 1.165) is 0 Å². The summed E-state index contributed by atoms with van der Waals surface area (Å²) >= 11 is 0. The van der Waals surface area contributed by atoms with E-state index in [2.05, 4.69) is 15.3 Å². The topological polar surface area (TPSA) is 81.8 Å². The van der Waals surface area contributed by atoms with Crippen molar-refractivity contribution in [3.63, 3.8) is 0 Å². The van der Waals surface area contributed by atoms with Gasteiger partial charge in [-0.05, 0) is 48.0 Å². The lowest BCUT2D eigenvalue weighted by Crippen LogP contribution is -2.06. The lowest BCUT2D eigenvalue weighted by molar-refractivity contribution is 0.215. The highest BCUT2D eigenvalue weighted by molar-refractivity contribution is 5.54. The van der Waals surface area contributed by atoms with Crippen molar-refractivity contribution in [3.8, 4) is 6.07 Å². The number of nitrogens with zero attached hydrogens (tertiary/aromatic N) is 3. The number of halogens is 1. The van der Waals surface area contributed by atoms with Gasteiger partial charge in [-0.1, -0.05) is 12.1 Å². The molecule has 5 nitrogen and oxygen atoms in total. The van der Waals surface area contributed by atoms with Gasteiger partial charge in [-0.3, -0.25) is 0 Å². The summed E-state index contributed by atoms with van der Waals surface area (Å²) < 4.78 is 13.3. The molecular weight excluding hydrogens is 307 g/mol. The number of hydrogen-bond donors (Lipinski definition) is 2. The van der Waals surface area contributed by atoms with E-state index in [9.17, 15) is 9.50 Å². The molecule has 0 amide bonds. The van der Waals surface area contributed by atoms with Crippen LogP contribution in [0.15, 0.2) is 60.8 Å². The first-order valence-electron chi connectivity index (χ1n) is 7.19. The molecule has 24 heavy (non-hydrogen) atoms. The Hall–Kier alpha value is -3.30. The molecule has 2 aromatic carbocycles. The predicted octanol–water partition coefficient (Wildman–Crippen LogP) is 3.31. The van der Waals surface area contributed by atoms with Gasteiger partial charge in [-0.25, -0.2) is 14.4 Å². The quantitative estimate of drug-likeness (QED) is 0.770. The zero-order chi connectivity index (χ0) is 16.9.